The molecule has 2 heterocycles. The Morgan fingerprint density at radius 1 is 1.33 bits per heavy atom. The third-order valence-electron chi connectivity index (χ3n) is 2.75. The third kappa shape index (κ3) is 1.62. The molecule has 1 saturated heterocycles. The fourth-order valence-corrected chi connectivity index (χ4v) is 2.84. The van der Waals surface area contributed by atoms with Crippen LogP contribution in [0, 0.1) is 0 Å². The number of hydrogen-bond acceptors (Lipinski definition) is 3. The van der Waals surface area contributed by atoms with Crippen molar-refractivity contribution >= 4 is 21.4 Å². The second-order valence-electron chi connectivity index (χ2n) is 4.26. The minimum Gasteiger partial charge on any atom is -0.475 e. The van der Waals surface area contributed by atoms with Crippen LogP contribution in [0.5, 0.6) is 5.06 Å². The lowest BCUT2D eigenvalue weighted by atomic mass is 10.0. The van der Waals surface area contributed by atoms with Gasteiger partial charge in [0, 0.05) is 17.8 Å². The van der Waals surface area contributed by atoms with Gasteiger partial charge in [-0.3, -0.25) is 0 Å². The molecule has 1 N–H and O–H groups in total. The van der Waals surface area contributed by atoms with Crippen molar-refractivity contribution in [2.75, 3.05) is 13.1 Å². The zero-order chi connectivity index (χ0) is 10.3. The molecule has 0 spiro atoms. The van der Waals surface area contributed by atoms with Crippen LogP contribution in [0.25, 0.3) is 10.1 Å². The third-order valence-corrected chi connectivity index (χ3v) is 3.74. The molecule has 3 heteroatoms. The van der Waals surface area contributed by atoms with Gasteiger partial charge in [-0.2, -0.15) is 0 Å². The van der Waals surface area contributed by atoms with E-state index in [1.54, 1.807) is 11.3 Å². The summed E-state index contributed by atoms with van der Waals surface area (Å²) in [6, 6.07) is 10.5. The molecule has 0 bridgehead atoms. The van der Waals surface area contributed by atoms with Gasteiger partial charge in [-0.25, -0.2) is 0 Å². The van der Waals surface area contributed by atoms with E-state index in [1.807, 2.05) is 0 Å². The molecule has 0 aliphatic carbocycles. The van der Waals surface area contributed by atoms with Gasteiger partial charge in [-0.15, -0.1) is 0 Å². The summed E-state index contributed by atoms with van der Waals surface area (Å²) in [5, 5.41) is 5.53. The van der Waals surface area contributed by atoms with E-state index in [-0.39, 0.29) is 5.60 Å². The number of fused-ring (bicyclic) bond motifs is 1. The van der Waals surface area contributed by atoms with Gasteiger partial charge < -0.3 is 10.1 Å². The molecule has 0 saturated carbocycles. The minimum atomic E-state index is 0.000869. The lowest BCUT2D eigenvalue weighted by Crippen LogP contribution is -2.60. The van der Waals surface area contributed by atoms with E-state index in [2.05, 4.69) is 42.6 Å². The largest absolute Gasteiger partial charge is 0.475 e. The Balaban J connectivity index is 1.91. The van der Waals surface area contributed by atoms with Crippen molar-refractivity contribution in [3.63, 3.8) is 0 Å². The molecule has 1 aliphatic rings. The molecule has 2 aromatic rings. The van der Waals surface area contributed by atoms with E-state index in [9.17, 15) is 0 Å². The topological polar surface area (TPSA) is 21.3 Å². The van der Waals surface area contributed by atoms with Gasteiger partial charge in [-0.1, -0.05) is 29.5 Å². The summed E-state index contributed by atoms with van der Waals surface area (Å²) in [5.41, 5.74) is 0.000869. The second kappa shape index (κ2) is 3.22. The van der Waals surface area contributed by atoms with Crippen LogP contribution in [0.15, 0.2) is 30.3 Å². The van der Waals surface area contributed by atoms with Gasteiger partial charge in [0.05, 0.1) is 0 Å². The van der Waals surface area contributed by atoms with Gasteiger partial charge in [0.2, 0.25) is 0 Å². The molecule has 78 valence electrons. The predicted octanol–water partition coefficient (Wildman–Crippen LogP) is 2.64. The summed E-state index contributed by atoms with van der Waals surface area (Å²) in [6.45, 7) is 4.04. The van der Waals surface area contributed by atoms with Crippen molar-refractivity contribution in [2.24, 2.45) is 0 Å². The second-order valence-corrected chi connectivity index (χ2v) is 5.31. The van der Waals surface area contributed by atoms with Crippen LogP contribution in [0.3, 0.4) is 0 Å². The lowest BCUT2D eigenvalue weighted by Gasteiger charge is -2.38. The Bertz CT molecular complexity index is 454. The van der Waals surface area contributed by atoms with Crippen molar-refractivity contribution in [3.05, 3.63) is 30.3 Å². The molecule has 1 aromatic carbocycles. The maximum absolute atomic E-state index is 5.98. The highest BCUT2D eigenvalue weighted by atomic mass is 32.1. The Kier molecular flexibility index (Phi) is 1.97. The summed E-state index contributed by atoms with van der Waals surface area (Å²) < 4.78 is 7.27. The maximum Gasteiger partial charge on any atom is 0.175 e. The van der Waals surface area contributed by atoms with E-state index in [1.165, 1.54) is 10.1 Å². The first-order valence-electron chi connectivity index (χ1n) is 5.14. The van der Waals surface area contributed by atoms with Crippen LogP contribution in [-0.4, -0.2) is 18.7 Å². The van der Waals surface area contributed by atoms with Crippen molar-refractivity contribution in [1.29, 1.82) is 0 Å². The number of benzene rings is 1. The van der Waals surface area contributed by atoms with Gasteiger partial charge in [-0.05, 0) is 24.4 Å². The molecule has 1 fully saturated rings. The van der Waals surface area contributed by atoms with Gasteiger partial charge in [0.25, 0.3) is 0 Å². The van der Waals surface area contributed by atoms with E-state index >= 15 is 0 Å². The zero-order valence-electron chi connectivity index (χ0n) is 8.62. The average molecular weight is 219 g/mol. The predicted molar refractivity (Wildman–Crippen MR) is 63.7 cm³/mol. The molecule has 0 unspecified atom stereocenters. The highest BCUT2D eigenvalue weighted by molar-refractivity contribution is 7.20. The number of thiophene rings is 1. The monoisotopic (exact) mass is 219 g/mol. The van der Waals surface area contributed by atoms with Crippen molar-refractivity contribution in [2.45, 2.75) is 12.5 Å². The number of hydrogen-bond donors (Lipinski definition) is 1. The number of ether oxygens (including phenoxy) is 1. The highest BCUT2D eigenvalue weighted by Crippen LogP contribution is 2.34. The van der Waals surface area contributed by atoms with E-state index in [0.717, 1.165) is 18.2 Å². The van der Waals surface area contributed by atoms with Crippen LogP contribution in [0.4, 0.5) is 0 Å². The Labute approximate surface area is 92.9 Å². The zero-order valence-corrected chi connectivity index (χ0v) is 9.43. The van der Waals surface area contributed by atoms with Crippen LogP contribution in [-0.2, 0) is 0 Å². The maximum atomic E-state index is 5.98. The molecular weight excluding hydrogens is 206 g/mol. The molecule has 3 rings (SSSR count). The fourth-order valence-electron chi connectivity index (χ4n) is 1.80. The first-order chi connectivity index (χ1) is 7.25. The van der Waals surface area contributed by atoms with Crippen molar-refractivity contribution in [3.8, 4) is 5.06 Å². The van der Waals surface area contributed by atoms with Crippen LogP contribution in [0.2, 0.25) is 0 Å². The molecule has 1 aliphatic heterocycles. The first-order valence-corrected chi connectivity index (χ1v) is 5.95. The molecule has 2 nitrogen and oxygen atoms in total. The average Bonchev–Trinajstić information content (AvgIpc) is 2.57. The highest BCUT2D eigenvalue weighted by Gasteiger charge is 2.34. The smallest absolute Gasteiger partial charge is 0.175 e. The summed E-state index contributed by atoms with van der Waals surface area (Å²) in [7, 11) is 0. The van der Waals surface area contributed by atoms with E-state index in [0.29, 0.717) is 0 Å². The van der Waals surface area contributed by atoms with Crippen LogP contribution in [0.1, 0.15) is 6.92 Å². The lowest BCUT2D eigenvalue weighted by molar-refractivity contribution is 0.0387. The molecule has 0 radical (unpaired) electrons. The van der Waals surface area contributed by atoms with E-state index < -0.39 is 0 Å². The number of nitrogens with one attached hydrogen (secondary N) is 1. The normalized spacial score (nSPS) is 18.7. The summed E-state index contributed by atoms with van der Waals surface area (Å²) in [6.07, 6.45) is 0. The molecule has 1 aromatic heterocycles. The van der Waals surface area contributed by atoms with E-state index in [4.69, 9.17) is 4.74 Å². The summed E-state index contributed by atoms with van der Waals surface area (Å²) in [4.78, 5) is 0. The van der Waals surface area contributed by atoms with Crippen LogP contribution >= 0.6 is 11.3 Å². The molecule has 0 atom stereocenters. The standard InChI is InChI=1S/C12H13NOS/c1-12(7-13-8-12)14-11-6-9-4-2-3-5-10(9)15-11/h2-6,13H,7-8H2,1H3. The van der Waals surface area contributed by atoms with Gasteiger partial charge in [0.1, 0.15) is 5.60 Å². The van der Waals surface area contributed by atoms with Gasteiger partial charge >= 0.3 is 0 Å². The molecular formula is C12H13NOS. The molecule has 15 heavy (non-hydrogen) atoms. The first kappa shape index (κ1) is 9.19. The summed E-state index contributed by atoms with van der Waals surface area (Å²) in [5.74, 6) is 0. The SMILES string of the molecule is CC1(Oc2cc3ccccc3s2)CNC1. The van der Waals surface area contributed by atoms with Crippen molar-refractivity contribution < 1.29 is 4.74 Å². The molecule has 0 amide bonds. The van der Waals surface area contributed by atoms with Crippen molar-refractivity contribution in [1.82, 2.24) is 5.32 Å². The van der Waals surface area contributed by atoms with Gasteiger partial charge in [0.15, 0.2) is 5.06 Å². The summed E-state index contributed by atoms with van der Waals surface area (Å²) >= 11 is 1.72. The van der Waals surface area contributed by atoms with Crippen LogP contribution < -0.4 is 10.1 Å². The minimum absolute atomic E-state index is 0.000869. The Morgan fingerprint density at radius 3 is 2.80 bits per heavy atom. The Morgan fingerprint density at radius 2 is 2.13 bits per heavy atom. The quantitative estimate of drug-likeness (QED) is 0.838. The fraction of sp³-hybridized carbons (Fsp3) is 0.333. The Hall–Kier alpha value is -1.06. The number of rotatable bonds is 2.